The van der Waals surface area contributed by atoms with Crippen LogP contribution in [-0.2, 0) is 0 Å². The van der Waals surface area contributed by atoms with Gasteiger partial charge in [-0.05, 0) is 12.8 Å². The molecule has 12 heavy (non-hydrogen) atoms. The Morgan fingerprint density at radius 1 is 0.833 bits per heavy atom. The van der Waals surface area contributed by atoms with E-state index in [0.29, 0.717) is 0 Å². The summed E-state index contributed by atoms with van der Waals surface area (Å²) in [6, 6.07) is 0. The molecule has 0 atom stereocenters. The Hall–Kier alpha value is -0.260. The van der Waals surface area contributed by atoms with Gasteiger partial charge in [0.15, 0.2) is 0 Å². The molecule has 0 saturated heterocycles. The molecule has 0 aliphatic heterocycles. The molecule has 0 nitrogen and oxygen atoms in total. The minimum atomic E-state index is 1.19. The van der Waals surface area contributed by atoms with E-state index in [1.165, 1.54) is 44.9 Å². The zero-order valence-corrected chi connectivity index (χ0v) is 9.23. The first-order valence-electron chi connectivity index (χ1n) is 5.44. The summed E-state index contributed by atoms with van der Waals surface area (Å²) in [6.07, 6.45) is 11.2. The van der Waals surface area contributed by atoms with Crippen molar-refractivity contribution in [1.29, 1.82) is 0 Å². The summed E-state index contributed by atoms with van der Waals surface area (Å²) in [5.41, 5.74) is 0. The molecular formula is C12H26. The van der Waals surface area contributed by atoms with Crippen LogP contribution in [0, 0.1) is 0 Å². The lowest BCUT2D eigenvalue weighted by atomic mass is 10.2. The number of unbranched alkanes of at least 4 members (excludes halogenated alkanes) is 5. The average molecular weight is 170 g/mol. The Morgan fingerprint density at radius 3 is 1.58 bits per heavy atom. The van der Waals surface area contributed by atoms with Gasteiger partial charge in [-0.15, -0.1) is 6.58 Å². The zero-order chi connectivity index (χ0) is 9.66. The molecule has 0 fully saturated rings. The van der Waals surface area contributed by atoms with Gasteiger partial charge in [0.05, 0.1) is 0 Å². The van der Waals surface area contributed by atoms with Crippen molar-refractivity contribution in [3.05, 3.63) is 12.7 Å². The standard InChI is InChI=1S/C7H14.C5H12/c1-3-5-7-6-4-2;1-3-5-4-2/h3H,1,4-7H2,2H3;3-5H2,1-2H3. The molecule has 0 aromatic heterocycles. The van der Waals surface area contributed by atoms with Crippen molar-refractivity contribution in [3.8, 4) is 0 Å². The fourth-order valence-corrected chi connectivity index (χ4v) is 0.892. The summed E-state index contributed by atoms with van der Waals surface area (Å²) in [6.45, 7) is 10.3. The molecule has 0 spiro atoms. The summed E-state index contributed by atoms with van der Waals surface area (Å²) in [5.74, 6) is 0. The van der Waals surface area contributed by atoms with Gasteiger partial charge in [0.25, 0.3) is 0 Å². The molecule has 0 radical (unpaired) electrons. The molecule has 0 unspecified atom stereocenters. The summed E-state index contributed by atoms with van der Waals surface area (Å²) < 4.78 is 0. The van der Waals surface area contributed by atoms with E-state index in [9.17, 15) is 0 Å². The van der Waals surface area contributed by atoms with Crippen LogP contribution in [0.25, 0.3) is 0 Å². The van der Waals surface area contributed by atoms with E-state index in [0.717, 1.165) is 0 Å². The van der Waals surface area contributed by atoms with E-state index in [1.54, 1.807) is 0 Å². The molecule has 0 aliphatic carbocycles. The van der Waals surface area contributed by atoms with Gasteiger partial charge < -0.3 is 0 Å². The Bertz CT molecular complexity index is 62.4. The smallest absolute Gasteiger partial charge is 0.0353 e. The number of hydrogen-bond acceptors (Lipinski definition) is 0. The van der Waals surface area contributed by atoms with Crippen molar-refractivity contribution >= 4 is 0 Å². The predicted octanol–water partition coefficient (Wildman–Crippen LogP) is 4.95. The Kier molecular flexibility index (Phi) is 20.2. The Balaban J connectivity index is 0. The minimum Gasteiger partial charge on any atom is -0.103 e. The van der Waals surface area contributed by atoms with Gasteiger partial charge in [0, 0.05) is 0 Å². The van der Waals surface area contributed by atoms with E-state index in [4.69, 9.17) is 0 Å². The van der Waals surface area contributed by atoms with Crippen LogP contribution in [0.4, 0.5) is 0 Å². The summed E-state index contributed by atoms with van der Waals surface area (Å²) in [4.78, 5) is 0. The Morgan fingerprint density at radius 2 is 1.33 bits per heavy atom. The van der Waals surface area contributed by atoms with Crippen molar-refractivity contribution in [3.63, 3.8) is 0 Å². The minimum absolute atomic E-state index is 1.19. The zero-order valence-electron chi connectivity index (χ0n) is 9.23. The van der Waals surface area contributed by atoms with Gasteiger partial charge >= 0.3 is 0 Å². The molecular weight excluding hydrogens is 144 g/mol. The van der Waals surface area contributed by atoms with Crippen LogP contribution in [-0.4, -0.2) is 0 Å². The molecule has 0 bridgehead atoms. The first kappa shape index (κ1) is 14.3. The molecule has 0 N–H and O–H groups in total. The molecule has 0 aliphatic rings. The van der Waals surface area contributed by atoms with Crippen molar-refractivity contribution in [2.45, 2.75) is 65.7 Å². The van der Waals surface area contributed by atoms with Crippen LogP contribution in [0.15, 0.2) is 12.7 Å². The topological polar surface area (TPSA) is 0 Å². The van der Waals surface area contributed by atoms with Gasteiger partial charge in [0.1, 0.15) is 0 Å². The second-order valence-electron chi connectivity index (χ2n) is 3.14. The third-order valence-corrected chi connectivity index (χ3v) is 1.72. The SMILES string of the molecule is C=CCCCCC.CCCCC. The van der Waals surface area contributed by atoms with E-state index < -0.39 is 0 Å². The monoisotopic (exact) mass is 170 g/mol. The van der Waals surface area contributed by atoms with Gasteiger partial charge in [0.2, 0.25) is 0 Å². The van der Waals surface area contributed by atoms with E-state index in [1.807, 2.05) is 6.08 Å². The maximum atomic E-state index is 3.63. The molecule has 74 valence electrons. The van der Waals surface area contributed by atoms with Gasteiger partial charge in [-0.2, -0.15) is 0 Å². The normalized spacial score (nSPS) is 8.58. The quantitative estimate of drug-likeness (QED) is 0.391. The van der Waals surface area contributed by atoms with Crippen molar-refractivity contribution in [1.82, 2.24) is 0 Å². The fourth-order valence-electron chi connectivity index (χ4n) is 0.892. The van der Waals surface area contributed by atoms with E-state index >= 15 is 0 Å². The highest BCUT2D eigenvalue weighted by Gasteiger charge is 1.77. The van der Waals surface area contributed by atoms with Crippen LogP contribution < -0.4 is 0 Å². The van der Waals surface area contributed by atoms with Gasteiger partial charge in [-0.1, -0.05) is 59.0 Å². The number of hydrogen-bond donors (Lipinski definition) is 0. The number of rotatable bonds is 6. The molecule has 0 rings (SSSR count). The lowest BCUT2D eigenvalue weighted by Gasteiger charge is -1.87. The van der Waals surface area contributed by atoms with Crippen LogP contribution in [0.3, 0.4) is 0 Å². The number of allylic oxidation sites excluding steroid dienone is 1. The highest BCUT2D eigenvalue weighted by Crippen LogP contribution is 1.97. The van der Waals surface area contributed by atoms with Crippen molar-refractivity contribution < 1.29 is 0 Å². The van der Waals surface area contributed by atoms with Crippen molar-refractivity contribution in [2.24, 2.45) is 0 Å². The summed E-state index contributed by atoms with van der Waals surface area (Å²) in [5, 5.41) is 0. The maximum absolute atomic E-state index is 3.63. The van der Waals surface area contributed by atoms with Gasteiger partial charge in [-0.25, -0.2) is 0 Å². The lowest BCUT2D eigenvalue weighted by molar-refractivity contribution is 0.730. The Labute approximate surface area is 79.1 Å². The molecule has 0 heterocycles. The molecule has 0 saturated carbocycles. The third-order valence-electron chi connectivity index (χ3n) is 1.72. The molecule has 0 aromatic rings. The van der Waals surface area contributed by atoms with E-state index in [2.05, 4.69) is 27.4 Å². The molecule has 0 aromatic carbocycles. The van der Waals surface area contributed by atoms with Crippen LogP contribution in [0.5, 0.6) is 0 Å². The van der Waals surface area contributed by atoms with Gasteiger partial charge in [-0.3, -0.25) is 0 Å². The highest BCUT2D eigenvalue weighted by atomic mass is 13.8. The summed E-state index contributed by atoms with van der Waals surface area (Å²) in [7, 11) is 0. The lowest BCUT2D eigenvalue weighted by Crippen LogP contribution is -1.67. The first-order valence-corrected chi connectivity index (χ1v) is 5.44. The first-order chi connectivity index (χ1) is 5.83. The second kappa shape index (κ2) is 17.0. The van der Waals surface area contributed by atoms with Crippen molar-refractivity contribution in [2.75, 3.05) is 0 Å². The summed E-state index contributed by atoms with van der Waals surface area (Å²) >= 11 is 0. The molecule has 0 heteroatoms. The largest absolute Gasteiger partial charge is 0.103 e. The molecule has 0 amide bonds. The third kappa shape index (κ3) is 22.6. The van der Waals surface area contributed by atoms with Crippen LogP contribution >= 0.6 is 0 Å². The highest BCUT2D eigenvalue weighted by molar-refractivity contribution is 4.64. The second-order valence-corrected chi connectivity index (χ2v) is 3.14. The predicted molar refractivity (Wildman–Crippen MR) is 59.5 cm³/mol. The maximum Gasteiger partial charge on any atom is -0.0353 e. The van der Waals surface area contributed by atoms with Crippen LogP contribution in [0.1, 0.15) is 65.7 Å². The van der Waals surface area contributed by atoms with Crippen LogP contribution in [0.2, 0.25) is 0 Å². The van der Waals surface area contributed by atoms with E-state index in [-0.39, 0.29) is 0 Å². The average Bonchev–Trinajstić information content (AvgIpc) is 2.08. The fraction of sp³-hybridized carbons (Fsp3) is 0.833.